The van der Waals surface area contributed by atoms with E-state index in [4.69, 9.17) is 0 Å². The molecule has 0 aliphatic carbocycles. The molecule has 0 fully saturated rings. The zero-order valence-electron chi connectivity index (χ0n) is 15.7. The maximum absolute atomic E-state index is 12.2. The van der Waals surface area contributed by atoms with Crippen molar-refractivity contribution in [2.75, 3.05) is 13.1 Å². The first-order chi connectivity index (χ1) is 13.2. The topological polar surface area (TPSA) is 61.0 Å². The second-order valence-electron chi connectivity index (χ2n) is 7.34. The zero-order chi connectivity index (χ0) is 18.6. The van der Waals surface area contributed by atoms with Crippen LogP contribution in [-0.2, 0) is 24.2 Å². The summed E-state index contributed by atoms with van der Waals surface area (Å²) >= 11 is 0. The van der Waals surface area contributed by atoms with E-state index in [0.717, 1.165) is 36.4 Å². The van der Waals surface area contributed by atoms with Gasteiger partial charge >= 0.3 is 0 Å². The van der Waals surface area contributed by atoms with Crippen LogP contribution in [0, 0.1) is 0 Å². The first-order valence-electron chi connectivity index (χ1n) is 9.70. The number of amides is 1. The third kappa shape index (κ3) is 4.19. The molecule has 1 aliphatic rings. The molecule has 1 atom stereocenters. The van der Waals surface area contributed by atoms with Crippen LogP contribution in [0.1, 0.15) is 30.3 Å². The molecule has 1 amide bonds. The lowest BCUT2D eigenvalue weighted by atomic mass is 9.99. The Morgan fingerprint density at radius 3 is 2.81 bits per heavy atom. The summed E-state index contributed by atoms with van der Waals surface area (Å²) in [5.74, 6) is 0.951. The Morgan fingerprint density at radius 1 is 1.19 bits per heavy atom. The van der Waals surface area contributed by atoms with Crippen molar-refractivity contribution in [2.45, 2.75) is 38.8 Å². The largest absolute Gasteiger partial charge is 0.355 e. The van der Waals surface area contributed by atoms with Gasteiger partial charge in [-0.15, -0.1) is 0 Å². The number of rotatable bonds is 6. The second kappa shape index (κ2) is 7.92. The number of nitrogens with zero attached hydrogens (tertiary/aromatic N) is 2. The molecular weight excluding hydrogens is 336 g/mol. The molecule has 5 nitrogen and oxygen atoms in total. The van der Waals surface area contributed by atoms with Crippen molar-refractivity contribution in [1.82, 2.24) is 20.2 Å². The van der Waals surface area contributed by atoms with Crippen molar-refractivity contribution in [1.29, 1.82) is 0 Å². The average molecular weight is 362 g/mol. The van der Waals surface area contributed by atoms with E-state index in [2.05, 4.69) is 51.4 Å². The summed E-state index contributed by atoms with van der Waals surface area (Å²) in [5.41, 5.74) is 4.83. The minimum atomic E-state index is 0.0831. The number of hydrogen-bond donors (Lipinski definition) is 2. The van der Waals surface area contributed by atoms with Gasteiger partial charge in [0.1, 0.15) is 5.82 Å². The molecule has 5 heteroatoms. The number of nitrogens with one attached hydrogen (secondary N) is 2. The van der Waals surface area contributed by atoms with Gasteiger partial charge in [0, 0.05) is 38.5 Å². The SMILES string of the molecule is C[C@H](CNC(=O)CCc1nc2ccccc2[nH]1)N1CCc2ccccc2C1. The summed E-state index contributed by atoms with van der Waals surface area (Å²) in [7, 11) is 0. The number of aryl methyl sites for hydroxylation is 1. The Bertz CT molecular complexity index is 900. The Hall–Kier alpha value is -2.66. The molecule has 4 rings (SSSR count). The lowest BCUT2D eigenvalue weighted by Crippen LogP contribution is -2.44. The lowest BCUT2D eigenvalue weighted by Gasteiger charge is -2.33. The number of benzene rings is 2. The third-order valence-corrected chi connectivity index (χ3v) is 5.41. The van der Waals surface area contributed by atoms with Gasteiger partial charge in [0.25, 0.3) is 0 Å². The number of fused-ring (bicyclic) bond motifs is 2. The molecule has 2 heterocycles. The summed E-state index contributed by atoms with van der Waals surface area (Å²) in [6.45, 7) is 4.88. The molecule has 3 aromatic rings. The smallest absolute Gasteiger partial charge is 0.220 e. The lowest BCUT2D eigenvalue weighted by molar-refractivity contribution is -0.121. The van der Waals surface area contributed by atoms with Crippen LogP contribution in [0.15, 0.2) is 48.5 Å². The number of carbonyl (C=O) groups excluding carboxylic acids is 1. The van der Waals surface area contributed by atoms with Crippen LogP contribution >= 0.6 is 0 Å². The highest BCUT2D eigenvalue weighted by atomic mass is 16.1. The molecule has 1 aromatic heterocycles. The minimum absolute atomic E-state index is 0.0831. The van der Waals surface area contributed by atoms with Gasteiger partial charge in [-0.25, -0.2) is 4.98 Å². The summed E-state index contributed by atoms with van der Waals surface area (Å²) in [6.07, 6.45) is 2.17. The van der Waals surface area contributed by atoms with Crippen LogP contribution in [0.4, 0.5) is 0 Å². The van der Waals surface area contributed by atoms with E-state index in [9.17, 15) is 4.79 Å². The molecule has 0 unspecified atom stereocenters. The van der Waals surface area contributed by atoms with Gasteiger partial charge in [-0.3, -0.25) is 9.69 Å². The Kier molecular flexibility index (Phi) is 5.21. The van der Waals surface area contributed by atoms with Gasteiger partial charge in [0.05, 0.1) is 11.0 Å². The van der Waals surface area contributed by atoms with Gasteiger partial charge in [-0.05, 0) is 36.6 Å². The maximum Gasteiger partial charge on any atom is 0.220 e. The molecule has 140 valence electrons. The first-order valence-corrected chi connectivity index (χ1v) is 9.70. The number of imidazole rings is 1. The van der Waals surface area contributed by atoms with Crippen LogP contribution in [0.2, 0.25) is 0 Å². The van der Waals surface area contributed by atoms with Crippen molar-refractivity contribution >= 4 is 16.9 Å². The summed E-state index contributed by atoms with van der Waals surface area (Å²) < 4.78 is 0. The summed E-state index contributed by atoms with van der Waals surface area (Å²) in [5, 5.41) is 3.09. The van der Waals surface area contributed by atoms with Crippen molar-refractivity contribution in [2.24, 2.45) is 0 Å². The van der Waals surface area contributed by atoms with E-state index in [-0.39, 0.29) is 5.91 Å². The van der Waals surface area contributed by atoms with Crippen LogP contribution in [0.5, 0.6) is 0 Å². The van der Waals surface area contributed by atoms with Gasteiger partial charge in [0.15, 0.2) is 0 Å². The van der Waals surface area contributed by atoms with Crippen molar-refractivity contribution in [3.05, 3.63) is 65.5 Å². The van der Waals surface area contributed by atoms with Crippen molar-refractivity contribution in [3.8, 4) is 0 Å². The predicted molar refractivity (Wildman–Crippen MR) is 107 cm³/mol. The molecule has 0 spiro atoms. The van der Waals surface area contributed by atoms with Gasteiger partial charge in [-0.2, -0.15) is 0 Å². The molecule has 0 radical (unpaired) electrons. The molecular formula is C22H26N4O. The van der Waals surface area contributed by atoms with E-state index < -0.39 is 0 Å². The monoisotopic (exact) mass is 362 g/mol. The Balaban J connectivity index is 1.24. The highest BCUT2D eigenvalue weighted by Crippen LogP contribution is 2.20. The van der Waals surface area contributed by atoms with Crippen LogP contribution in [0.3, 0.4) is 0 Å². The molecule has 27 heavy (non-hydrogen) atoms. The molecule has 0 saturated carbocycles. The molecule has 0 bridgehead atoms. The van der Waals surface area contributed by atoms with Gasteiger partial charge < -0.3 is 10.3 Å². The predicted octanol–water partition coefficient (Wildman–Crippen LogP) is 3.06. The number of hydrogen-bond acceptors (Lipinski definition) is 3. The standard InChI is InChI=1S/C22H26N4O/c1-16(26-13-12-17-6-2-3-7-18(17)15-26)14-23-22(27)11-10-21-24-19-8-4-5-9-20(19)25-21/h2-9,16H,10-15H2,1H3,(H,23,27)(H,24,25)/t16-/m1/s1. The highest BCUT2D eigenvalue weighted by molar-refractivity contribution is 5.77. The fourth-order valence-corrected chi connectivity index (χ4v) is 3.73. The number of carbonyl (C=O) groups is 1. The van der Waals surface area contributed by atoms with E-state index in [1.807, 2.05) is 24.3 Å². The van der Waals surface area contributed by atoms with Gasteiger partial charge in [0.2, 0.25) is 5.91 Å². The second-order valence-corrected chi connectivity index (χ2v) is 7.34. The Labute approximate surface area is 159 Å². The Morgan fingerprint density at radius 2 is 1.96 bits per heavy atom. The summed E-state index contributed by atoms with van der Waals surface area (Å²) in [6, 6.07) is 16.9. The van der Waals surface area contributed by atoms with Crippen LogP contribution in [-0.4, -0.2) is 39.9 Å². The number of aromatic nitrogens is 2. The summed E-state index contributed by atoms with van der Waals surface area (Å²) in [4.78, 5) is 22.5. The number of H-pyrrole nitrogens is 1. The fraction of sp³-hybridized carbons (Fsp3) is 0.364. The molecule has 2 aromatic carbocycles. The van der Waals surface area contributed by atoms with E-state index >= 15 is 0 Å². The fourth-order valence-electron chi connectivity index (χ4n) is 3.73. The van der Waals surface area contributed by atoms with Crippen molar-refractivity contribution < 1.29 is 4.79 Å². The van der Waals surface area contributed by atoms with Crippen molar-refractivity contribution in [3.63, 3.8) is 0 Å². The molecule has 1 aliphatic heterocycles. The van der Waals surface area contributed by atoms with E-state index in [1.165, 1.54) is 11.1 Å². The molecule has 0 saturated heterocycles. The number of aromatic amines is 1. The highest BCUT2D eigenvalue weighted by Gasteiger charge is 2.20. The van der Waals surface area contributed by atoms with Crippen LogP contribution < -0.4 is 5.32 Å². The van der Waals surface area contributed by atoms with Crippen LogP contribution in [0.25, 0.3) is 11.0 Å². The average Bonchev–Trinajstić information content (AvgIpc) is 3.13. The quantitative estimate of drug-likeness (QED) is 0.708. The number of para-hydroxylation sites is 2. The zero-order valence-corrected chi connectivity index (χ0v) is 15.7. The first kappa shape index (κ1) is 17.7. The normalized spacial score (nSPS) is 15.4. The maximum atomic E-state index is 12.2. The molecule has 2 N–H and O–H groups in total. The minimum Gasteiger partial charge on any atom is -0.355 e. The van der Waals surface area contributed by atoms with Gasteiger partial charge in [-0.1, -0.05) is 36.4 Å². The third-order valence-electron chi connectivity index (χ3n) is 5.41. The van der Waals surface area contributed by atoms with E-state index in [1.54, 1.807) is 0 Å². The van der Waals surface area contributed by atoms with E-state index in [0.29, 0.717) is 25.4 Å².